The quantitative estimate of drug-likeness (QED) is 0.634. The number of pyridine rings is 1. The number of amides is 1. The van der Waals surface area contributed by atoms with Crippen LogP contribution in [-0.2, 0) is 20.8 Å². The molecule has 0 spiro atoms. The minimum absolute atomic E-state index is 0.450. The lowest BCUT2D eigenvalue weighted by Gasteiger charge is -2.22. The third kappa shape index (κ3) is 6.58. The van der Waals surface area contributed by atoms with Crippen molar-refractivity contribution in [3.63, 3.8) is 0 Å². The van der Waals surface area contributed by atoms with E-state index in [0.29, 0.717) is 18.0 Å². The van der Waals surface area contributed by atoms with Gasteiger partial charge in [0.05, 0.1) is 11.3 Å². The van der Waals surface area contributed by atoms with Crippen LogP contribution < -0.4 is 10.2 Å². The van der Waals surface area contributed by atoms with Crippen LogP contribution in [0.2, 0.25) is 0 Å². The predicted octanol–water partition coefficient (Wildman–Crippen LogP) is 4.28. The maximum atomic E-state index is 12.6. The van der Waals surface area contributed by atoms with Gasteiger partial charge in [-0.25, -0.2) is 18.2 Å². The van der Waals surface area contributed by atoms with Gasteiger partial charge in [-0.3, -0.25) is 5.32 Å². The molecule has 1 heterocycles. The Kier molecular flexibility index (Phi) is 7.88. The topological polar surface area (TPSA) is 88.6 Å². The molecule has 0 aliphatic rings. The number of aromatic nitrogens is 1. The molecule has 0 unspecified atom stereocenters. The monoisotopic (exact) mass is 459 g/mol. The lowest BCUT2D eigenvalue weighted by atomic mass is 10.1. The second-order valence-electron chi connectivity index (χ2n) is 6.63. The number of ether oxygens (including phenoxy) is 1. The van der Waals surface area contributed by atoms with Crippen LogP contribution in [0.3, 0.4) is 0 Å². The summed E-state index contributed by atoms with van der Waals surface area (Å²) >= 11 is 0. The van der Waals surface area contributed by atoms with Crippen molar-refractivity contribution in [2.45, 2.75) is 32.0 Å². The van der Waals surface area contributed by atoms with Crippen molar-refractivity contribution in [1.29, 1.82) is 0 Å². The second kappa shape index (κ2) is 9.99. The number of nitrogens with one attached hydrogen (secondary N) is 1. The average Bonchev–Trinajstić information content (AvgIpc) is 2.70. The number of carbonyl (C=O) groups excluding carboxylic acids is 1. The second-order valence-corrected chi connectivity index (χ2v) is 8.69. The van der Waals surface area contributed by atoms with E-state index in [4.69, 9.17) is 4.74 Å². The van der Waals surface area contributed by atoms with Gasteiger partial charge >= 0.3 is 12.3 Å². The molecule has 2 aromatic rings. The fourth-order valence-corrected chi connectivity index (χ4v) is 3.80. The van der Waals surface area contributed by atoms with Gasteiger partial charge in [0.25, 0.3) is 0 Å². The van der Waals surface area contributed by atoms with E-state index in [1.54, 1.807) is 6.07 Å². The van der Waals surface area contributed by atoms with E-state index in [-0.39, 0.29) is 0 Å². The number of aryl methyl sites for hydroxylation is 1. The van der Waals surface area contributed by atoms with Gasteiger partial charge in [0.15, 0.2) is 14.9 Å². The molecule has 0 radical (unpaired) electrons. The highest BCUT2D eigenvalue weighted by molar-refractivity contribution is 7.91. The summed E-state index contributed by atoms with van der Waals surface area (Å²) in [6.45, 7) is 7.10. The minimum Gasteiger partial charge on any atom is -0.448 e. The summed E-state index contributed by atoms with van der Waals surface area (Å²) in [6.07, 6.45) is -5.00. The molecule has 1 N–H and O–H groups in total. The number of alkyl halides is 3. The highest BCUT2D eigenvalue weighted by atomic mass is 32.2. The molecular formula is C20H24F3N3O4S. The Hall–Kier alpha value is -2.82. The van der Waals surface area contributed by atoms with Gasteiger partial charge in [-0.2, -0.15) is 13.2 Å². The fraction of sp³-hybridized carbons (Fsp3) is 0.400. The number of carbonyl (C=O) groups is 1. The molecule has 1 aromatic carbocycles. The number of hydrogen-bond donors (Lipinski definition) is 1. The van der Waals surface area contributed by atoms with Gasteiger partial charge in [0.1, 0.15) is 6.61 Å². The third-order valence-corrected chi connectivity index (χ3v) is 6.13. The van der Waals surface area contributed by atoms with E-state index in [2.05, 4.69) is 15.2 Å². The Labute approximate surface area is 179 Å². The first-order valence-electron chi connectivity index (χ1n) is 9.53. The van der Waals surface area contributed by atoms with Crippen LogP contribution in [0.15, 0.2) is 41.6 Å². The summed E-state index contributed by atoms with van der Waals surface area (Å²) in [5.41, 5.74) is 1.29. The first-order valence-corrected chi connectivity index (χ1v) is 11.2. The normalized spacial score (nSPS) is 11.8. The highest BCUT2D eigenvalue weighted by Crippen LogP contribution is 2.29. The summed E-state index contributed by atoms with van der Waals surface area (Å²) in [5.74, 6) is -0.612. The van der Waals surface area contributed by atoms with Crippen LogP contribution >= 0.6 is 0 Å². The van der Waals surface area contributed by atoms with E-state index in [1.807, 2.05) is 32.9 Å². The van der Waals surface area contributed by atoms with Gasteiger partial charge in [0.2, 0.25) is 0 Å². The maximum Gasteiger partial charge on any atom is 0.417 e. The van der Waals surface area contributed by atoms with Gasteiger partial charge in [-0.15, -0.1) is 0 Å². The average molecular weight is 459 g/mol. The minimum atomic E-state index is -4.61. The number of nitrogens with zero attached hydrogens (tertiary/aromatic N) is 2. The molecule has 2 rings (SSSR count). The SMILES string of the molecule is CCN(CC)c1ccc(NC(=O)OCCS(=O)(=O)c2ccc(C(F)(F)F)cn2)c(C)c1. The molecular weight excluding hydrogens is 435 g/mol. The van der Waals surface area contributed by atoms with Gasteiger partial charge in [0, 0.05) is 30.7 Å². The lowest BCUT2D eigenvalue weighted by Crippen LogP contribution is -2.22. The van der Waals surface area contributed by atoms with Crippen molar-refractivity contribution in [1.82, 2.24) is 4.98 Å². The zero-order valence-corrected chi connectivity index (χ0v) is 18.2. The summed E-state index contributed by atoms with van der Waals surface area (Å²) in [7, 11) is -4.01. The van der Waals surface area contributed by atoms with Gasteiger partial charge < -0.3 is 9.64 Å². The van der Waals surface area contributed by atoms with E-state index >= 15 is 0 Å². The van der Waals surface area contributed by atoms with Gasteiger partial charge in [-0.1, -0.05) is 0 Å². The molecule has 0 atom stereocenters. The molecule has 11 heteroatoms. The molecule has 1 amide bonds. The summed E-state index contributed by atoms with van der Waals surface area (Å²) in [5, 5.41) is 2.03. The molecule has 7 nitrogen and oxygen atoms in total. The van der Waals surface area contributed by atoms with Gasteiger partial charge in [-0.05, 0) is 56.7 Å². The Bertz CT molecular complexity index is 1010. The van der Waals surface area contributed by atoms with Crippen LogP contribution in [-0.4, -0.2) is 44.9 Å². The largest absolute Gasteiger partial charge is 0.448 e. The highest BCUT2D eigenvalue weighted by Gasteiger charge is 2.31. The first-order chi connectivity index (χ1) is 14.5. The summed E-state index contributed by atoms with van der Waals surface area (Å²) in [4.78, 5) is 17.5. The van der Waals surface area contributed by atoms with Crippen LogP contribution in [0.25, 0.3) is 0 Å². The Morgan fingerprint density at radius 3 is 2.35 bits per heavy atom. The van der Waals surface area contributed by atoms with Crippen molar-refractivity contribution in [3.05, 3.63) is 47.7 Å². The maximum absolute atomic E-state index is 12.6. The van der Waals surface area contributed by atoms with Crippen molar-refractivity contribution in [3.8, 4) is 0 Å². The number of sulfone groups is 1. The van der Waals surface area contributed by atoms with E-state index in [1.165, 1.54) is 0 Å². The summed E-state index contributed by atoms with van der Waals surface area (Å²) < 4.78 is 66.9. The number of benzene rings is 1. The van der Waals surface area contributed by atoms with Crippen LogP contribution in [0.5, 0.6) is 0 Å². The molecule has 0 fully saturated rings. The number of anilines is 2. The zero-order valence-electron chi connectivity index (χ0n) is 17.4. The Morgan fingerprint density at radius 1 is 1.16 bits per heavy atom. The fourth-order valence-electron chi connectivity index (χ4n) is 2.80. The van der Waals surface area contributed by atoms with E-state index < -0.39 is 45.1 Å². The Balaban J connectivity index is 1.93. The molecule has 0 saturated heterocycles. The standard InChI is InChI=1S/C20H24F3N3O4S/c1-4-26(5-2)16-7-8-17(14(3)12-16)25-19(27)30-10-11-31(28,29)18-9-6-15(13-24-18)20(21,22)23/h6-9,12-13H,4-5,10-11H2,1-3H3,(H,25,27). The Morgan fingerprint density at radius 2 is 1.84 bits per heavy atom. The molecule has 0 aliphatic carbocycles. The predicted molar refractivity (Wildman–Crippen MR) is 111 cm³/mol. The lowest BCUT2D eigenvalue weighted by molar-refractivity contribution is -0.137. The summed E-state index contributed by atoms with van der Waals surface area (Å²) in [6, 6.07) is 6.92. The van der Waals surface area contributed by atoms with Crippen molar-refractivity contribution in [2.75, 3.05) is 35.7 Å². The molecule has 0 aliphatic heterocycles. The molecule has 170 valence electrons. The number of hydrogen-bond acceptors (Lipinski definition) is 6. The van der Waals surface area contributed by atoms with Crippen molar-refractivity contribution in [2.24, 2.45) is 0 Å². The molecule has 1 aromatic heterocycles. The van der Waals surface area contributed by atoms with Crippen molar-refractivity contribution < 1.29 is 31.1 Å². The van der Waals surface area contributed by atoms with Crippen LogP contribution in [0.4, 0.5) is 29.3 Å². The van der Waals surface area contributed by atoms with Crippen molar-refractivity contribution >= 4 is 27.3 Å². The first kappa shape index (κ1) is 24.4. The van der Waals surface area contributed by atoms with Crippen LogP contribution in [0, 0.1) is 6.92 Å². The number of rotatable bonds is 8. The zero-order chi connectivity index (χ0) is 23.2. The third-order valence-electron chi connectivity index (χ3n) is 4.54. The smallest absolute Gasteiger partial charge is 0.417 e. The van der Waals surface area contributed by atoms with Crippen LogP contribution in [0.1, 0.15) is 25.0 Å². The number of halogens is 3. The molecule has 0 bridgehead atoms. The molecule has 0 saturated carbocycles. The van der Waals surface area contributed by atoms with E-state index in [0.717, 1.165) is 30.4 Å². The molecule has 31 heavy (non-hydrogen) atoms. The van der Waals surface area contributed by atoms with E-state index in [9.17, 15) is 26.4 Å².